The fourth-order valence-electron chi connectivity index (χ4n) is 6.91. The van der Waals surface area contributed by atoms with Crippen molar-refractivity contribution in [3.8, 4) is 5.75 Å². The molecule has 1 aromatic carbocycles. The van der Waals surface area contributed by atoms with Crippen LogP contribution in [0, 0.1) is 25.2 Å². The van der Waals surface area contributed by atoms with Gasteiger partial charge in [-0.2, -0.15) is 5.10 Å². The van der Waals surface area contributed by atoms with E-state index in [-0.39, 0.29) is 12.0 Å². The van der Waals surface area contributed by atoms with Crippen LogP contribution in [-0.4, -0.2) is 75.0 Å². The molecule has 1 N–H and O–H groups in total. The van der Waals surface area contributed by atoms with Gasteiger partial charge in [-0.3, -0.25) is 14.4 Å². The molecule has 0 bridgehead atoms. The molecule has 0 spiro atoms. The van der Waals surface area contributed by atoms with Crippen molar-refractivity contribution in [2.24, 2.45) is 11.3 Å². The minimum absolute atomic E-state index is 0.0562. The summed E-state index contributed by atoms with van der Waals surface area (Å²) in [5.74, 6) is 1.12. The van der Waals surface area contributed by atoms with Gasteiger partial charge >= 0.3 is 5.97 Å². The number of hydrogen-bond acceptors (Lipinski definition) is 6. The lowest BCUT2D eigenvalue weighted by molar-refractivity contribution is -0.143. The van der Waals surface area contributed by atoms with Gasteiger partial charge in [0.2, 0.25) is 0 Å². The Morgan fingerprint density at radius 2 is 1.82 bits per heavy atom. The number of carbonyl (C=O) groups is 1. The number of piperidine rings is 1. The van der Waals surface area contributed by atoms with Crippen LogP contribution >= 0.6 is 0 Å². The number of ether oxygens (including phenoxy) is 1. The fraction of sp³-hybridized carbons (Fsp3) is 0.688. The second-order valence-corrected chi connectivity index (χ2v) is 13.6. The van der Waals surface area contributed by atoms with E-state index in [1.165, 1.54) is 18.4 Å². The van der Waals surface area contributed by atoms with Crippen molar-refractivity contribution in [3.05, 3.63) is 47.3 Å². The highest BCUT2D eigenvalue weighted by molar-refractivity contribution is 5.78. The van der Waals surface area contributed by atoms with Gasteiger partial charge in [0.25, 0.3) is 0 Å². The molecule has 3 atom stereocenters. The highest BCUT2D eigenvalue weighted by atomic mass is 16.5. The van der Waals surface area contributed by atoms with Crippen LogP contribution < -0.4 is 4.74 Å². The maximum Gasteiger partial charge on any atom is 0.316 e. The van der Waals surface area contributed by atoms with Gasteiger partial charge in [-0.25, -0.2) is 0 Å². The lowest BCUT2D eigenvalue weighted by atomic mass is 9.57. The predicted molar refractivity (Wildman–Crippen MR) is 154 cm³/mol. The summed E-state index contributed by atoms with van der Waals surface area (Å²) in [5.41, 5.74) is 1.62. The summed E-state index contributed by atoms with van der Waals surface area (Å²) >= 11 is 0. The zero-order valence-electron chi connectivity index (χ0n) is 24.9. The zero-order valence-corrected chi connectivity index (χ0v) is 24.9. The molecule has 1 aromatic heterocycles. The highest BCUT2D eigenvalue weighted by Crippen LogP contribution is 2.53. The molecule has 1 saturated carbocycles. The minimum Gasteiger partial charge on any atom is -0.426 e. The van der Waals surface area contributed by atoms with E-state index in [9.17, 15) is 9.90 Å². The molecule has 2 aromatic rings. The van der Waals surface area contributed by atoms with Gasteiger partial charge in [-0.05, 0) is 121 Å². The van der Waals surface area contributed by atoms with Gasteiger partial charge < -0.3 is 14.7 Å². The predicted octanol–water partition coefficient (Wildman–Crippen LogP) is 4.72. The summed E-state index contributed by atoms with van der Waals surface area (Å²) in [6.07, 6.45) is 9.14. The maximum absolute atomic E-state index is 12.9. The van der Waals surface area contributed by atoms with E-state index in [1.54, 1.807) is 0 Å². The first kappa shape index (κ1) is 28.3. The van der Waals surface area contributed by atoms with Crippen LogP contribution in [0.2, 0.25) is 0 Å². The Balaban J connectivity index is 1.47. The molecular weight excluding hydrogens is 488 g/mol. The van der Waals surface area contributed by atoms with Crippen molar-refractivity contribution in [2.45, 2.75) is 97.2 Å². The lowest BCUT2D eigenvalue weighted by Crippen LogP contribution is -2.68. The number of aliphatic hydroxyl groups is 1. The van der Waals surface area contributed by atoms with E-state index in [1.807, 2.05) is 37.7 Å². The molecule has 2 saturated heterocycles. The van der Waals surface area contributed by atoms with E-state index in [0.29, 0.717) is 5.75 Å². The number of benzene rings is 1. The fourth-order valence-corrected chi connectivity index (χ4v) is 6.91. The van der Waals surface area contributed by atoms with Gasteiger partial charge in [-0.15, -0.1) is 0 Å². The Morgan fingerprint density at radius 3 is 2.49 bits per heavy atom. The average Bonchev–Trinajstić information content (AvgIpc) is 3.63. The van der Waals surface area contributed by atoms with Crippen LogP contribution in [0.25, 0.3) is 0 Å². The third-order valence-corrected chi connectivity index (χ3v) is 9.70. The Labute approximate surface area is 234 Å². The highest BCUT2D eigenvalue weighted by Gasteiger charge is 2.59. The van der Waals surface area contributed by atoms with E-state index >= 15 is 0 Å². The number of aryl methyl sites for hydroxylation is 2. The summed E-state index contributed by atoms with van der Waals surface area (Å²) in [6.45, 7) is 17.7. The van der Waals surface area contributed by atoms with E-state index in [2.05, 4.69) is 54.0 Å². The third kappa shape index (κ3) is 5.68. The molecule has 39 heavy (non-hydrogen) atoms. The van der Waals surface area contributed by atoms with Gasteiger partial charge in [-0.1, -0.05) is 6.07 Å². The number of esters is 1. The minimum atomic E-state index is -0.880. The van der Waals surface area contributed by atoms with Crippen molar-refractivity contribution in [1.29, 1.82) is 0 Å². The number of likely N-dealkylation sites (tertiary alicyclic amines) is 2. The van der Waals surface area contributed by atoms with Crippen LogP contribution in [0.15, 0.2) is 30.6 Å². The van der Waals surface area contributed by atoms with Crippen LogP contribution in [0.3, 0.4) is 0 Å². The molecule has 0 radical (unpaired) electrons. The van der Waals surface area contributed by atoms with Crippen molar-refractivity contribution in [1.82, 2.24) is 19.6 Å². The molecular formula is C32H48N4O3. The molecule has 7 heteroatoms. The number of nitrogens with zero attached hydrogens (tertiary/aromatic N) is 4. The van der Waals surface area contributed by atoms with E-state index in [4.69, 9.17) is 4.74 Å². The number of aromatic nitrogens is 2. The first-order valence-electron chi connectivity index (χ1n) is 14.9. The summed E-state index contributed by atoms with van der Waals surface area (Å²) in [7, 11) is 0. The summed E-state index contributed by atoms with van der Waals surface area (Å²) in [5, 5.41) is 17.4. The van der Waals surface area contributed by atoms with Gasteiger partial charge in [0, 0.05) is 37.3 Å². The topological polar surface area (TPSA) is 70.8 Å². The van der Waals surface area contributed by atoms with Crippen LogP contribution in [0.5, 0.6) is 5.75 Å². The summed E-state index contributed by atoms with van der Waals surface area (Å²) in [6, 6.07) is 6.09. The second kappa shape index (κ2) is 10.6. The van der Waals surface area contributed by atoms with Crippen molar-refractivity contribution in [3.63, 3.8) is 0 Å². The van der Waals surface area contributed by atoms with Gasteiger partial charge in [0.05, 0.1) is 23.8 Å². The molecule has 7 nitrogen and oxygen atoms in total. The Kier molecular flexibility index (Phi) is 7.72. The summed E-state index contributed by atoms with van der Waals surface area (Å²) in [4.78, 5) is 17.8. The third-order valence-electron chi connectivity index (χ3n) is 9.70. The van der Waals surface area contributed by atoms with Crippen molar-refractivity contribution < 1.29 is 14.6 Å². The molecule has 2 aliphatic heterocycles. The monoisotopic (exact) mass is 536 g/mol. The van der Waals surface area contributed by atoms with Crippen LogP contribution in [0.4, 0.5) is 0 Å². The standard InChI is InChI=1S/C32H48N4O3/c1-23-20-33-36(21-23)18-17-34-14-11-31(28-19-27(10-7-24(28)2)39-29(37)30(4,5)6)12-16-35(22-26-8-9-26)25(3)32(31,38)13-15-34/h7,10,19-21,25-26,38H,8-9,11-18,22H2,1-6H3. The molecule has 3 fully saturated rings. The zero-order chi connectivity index (χ0) is 28.0. The van der Waals surface area contributed by atoms with Gasteiger partial charge in [0.15, 0.2) is 0 Å². The Bertz CT molecular complexity index is 1180. The smallest absolute Gasteiger partial charge is 0.316 e. The molecule has 5 rings (SSSR count). The van der Waals surface area contributed by atoms with E-state index in [0.717, 1.165) is 75.6 Å². The second-order valence-electron chi connectivity index (χ2n) is 13.6. The number of carbonyl (C=O) groups excluding carboxylic acids is 1. The normalized spacial score (nSPS) is 28.6. The molecule has 3 unspecified atom stereocenters. The molecule has 214 valence electrons. The quantitative estimate of drug-likeness (QED) is 0.408. The number of rotatable bonds is 7. The summed E-state index contributed by atoms with van der Waals surface area (Å²) < 4.78 is 7.90. The first-order valence-corrected chi connectivity index (χ1v) is 14.9. The number of fused-ring (bicyclic) bond motifs is 1. The largest absolute Gasteiger partial charge is 0.426 e. The first-order chi connectivity index (χ1) is 18.4. The SMILES string of the molecule is Cc1cnn(CCN2CCC3(c4cc(OC(=O)C(C)(C)C)ccc4C)CCN(CC4CC4)C(C)C3(O)CC2)c1. The van der Waals surface area contributed by atoms with E-state index < -0.39 is 16.4 Å². The lowest BCUT2D eigenvalue weighted by Gasteiger charge is -2.58. The molecule has 1 aliphatic carbocycles. The molecule has 3 aliphatic rings. The number of hydrogen-bond donors (Lipinski definition) is 1. The molecule has 3 heterocycles. The Hall–Kier alpha value is -2.22. The maximum atomic E-state index is 12.9. The van der Waals surface area contributed by atoms with Crippen LogP contribution in [-0.2, 0) is 16.8 Å². The van der Waals surface area contributed by atoms with Gasteiger partial charge in [0.1, 0.15) is 5.75 Å². The Morgan fingerprint density at radius 1 is 1.10 bits per heavy atom. The molecule has 0 amide bonds. The van der Waals surface area contributed by atoms with Crippen LogP contribution in [0.1, 0.15) is 76.5 Å². The van der Waals surface area contributed by atoms with Crippen molar-refractivity contribution >= 4 is 5.97 Å². The van der Waals surface area contributed by atoms with Crippen molar-refractivity contribution in [2.75, 3.05) is 32.7 Å². The average molecular weight is 537 g/mol.